The highest BCUT2D eigenvalue weighted by atomic mass is 79.9. The molecular formula is C11H15BrN4O2. The summed E-state index contributed by atoms with van der Waals surface area (Å²) in [6.07, 6.45) is 0. The van der Waals surface area contributed by atoms with Crippen LogP contribution in [0, 0.1) is 0 Å². The van der Waals surface area contributed by atoms with Crippen molar-refractivity contribution < 1.29 is 9.59 Å². The van der Waals surface area contributed by atoms with E-state index in [1.165, 1.54) is 0 Å². The predicted octanol–water partition coefficient (Wildman–Crippen LogP) is -0.196. The molecule has 0 fully saturated rings. The molecule has 6 N–H and O–H groups in total. The van der Waals surface area contributed by atoms with Gasteiger partial charge in [0.25, 0.3) is 0 Å². The third-order valence-electron chi connectivity index (χ3n) is 2.30. The third-order valence-corrected chi connectivity index (χ3v) is 3.04. The van der Waals surface area contributed by atoms with Gasteiger partial charge in [0, 0.05) is 22.3 Å². The van der Waals surface area contributed by atoms with Crippen molar-refractivity contribution in [3.63, 3.8) is 0 Å². The zero-order valence-corrected chi connectivity index (χ0v) is 11.3. The van der Waals surface area contributed by atoms with Crippen LogP contribution in [-0.4, -0.2) is 29.8 Å². The van der Waals surface area contributed by atoms with E-state index in [0.29, 0.717) is 12.2 Å². The summed E-state index contributed by atoms with van der Waals surface area (Å²) in [4.78, 5) is 23.4. The van der Waals surface area contributed by atoms with Crippen LogP contribution in [0.25, 0.3) is 0 Å². The summed E-state index contributed by atoms with van der Waals surface area (Å²) < 4.78 is 0.807. The third kappa shape index (κ3) is 4.34. The molecule has 18 heavy (non-hydrogen) atoms. The van der Waals surface area contributed by atoms with E-state index in [9.17, 15) is 9.59 Å². The van der Waals surface area contributed by atoms with Crippen molar-refractivity contribution in [2.45, 2.75) is 6.54 Å². The van der Waals surface area contributed by atoms with Gasteiger partial charge in [0.2, 0.25) is 11.8 Å². The lowest BCUT2D eigenvalue weighted by Gasteiger charge is -2.20. The Morgan fingerprint density at radius 2 is 1.72 bits per heavy atom. The van der Waals surface area contributed by atoms with Gasteiger partial charge in [-0.05, 0) is 12.1 Å². The first-order chi connectivity index (χ1) is 8.40. The maximum Gasteiger partial charge on any atom is 0.231 e. The van der Waals surface area contributed by atoms with Crippen molar-refractivity contribution in [3.8, 4) is 0 Å². The van der Waals surface area contributed by atoms with Crippen molar-refractivity contribution in [3.05, 3.63) is 28.2 Å². The van der Waals surface area contributed by atoms with Gasteiger partial charge in [-0.1, -0.05) is 22.0 Å². The van der Waals surface area contributed by atoms with Gasteiger partial charge in [0.15, 0.2) is 0 Å². The number of hydrogen-bond donors (Lipinski definition) is 3. The van der Waals surface area contributed by atoms with Gasteiger partial charge in [0.05, 0.1) is 13.1 Å². The molecule has 0 saturated carbocycles. The summed E-state index contributed by atoms with van der Waals surface area (Å²) in [6, 6.07) is 5.38. The highest BCUT2D eigenvalue weighted by molar-refractivity contribution is 9.10. The topological polar surface area (TPSA) is 115 Å². The number of halogens is 1. The Morgan fingerprint density at radius 3 is 2.17 bits per heavy atom. The lowest BCUT2D eigenvalue weighted by atomic mass is 10.1. The lowest BCUT2D eigenvalue weighted by molar-refractivity contribution is -0.122. The largest absolute Gasteiger partial charge is 0.398 e. The van der Waals surface area contributed by atoms with Gasteiger partial charge in [0.1, 0.15) is 0 Å². The maximum atomic E-state index is 10.9. The number of amides is 2. The molecule has 0 aromatic heterocycles. The Morgan fingerprint density at radius 1 is 1.17 bits per heavy atom. The summed E-state index contributed by atoms with van der Waals surface area (Å²) in [5.41, 5.74) is 17.5. The van der Waals surface area contributed by atoms with E-state index in [4.69, 9.17) is 17.2 Å². The average Bonchev–Trinajstić information content (AvgIpc) is 2.21. The number of carbonyl (C=O) groups excluding carboxylic acids is 2. The molecule has 0 saturated heterocycles. The Bertz CT molecular complexity index is 428. The second kappa shape index (κ2) is 6.36. The number of anilines is 1. The summed E-state index contributed by atoms with van der Waals surface area (Å²) in [5.74, 6) is -1.05. The first-order valence-electron chi connectivity index (χ1n) is 5.22. The van der Waals surface area contributed by atoms with Crippen LogP contribution in [0.15, 0.2) is 22.7 Å². The minimum atomic E-state index is -0.526. The number of hydrogen-bond acceptors (Lipinski definition) is 4. The molecule has 98 valence electrons. The monoisotopic (exact) mass is 314 g/mol. The number of nitrogens with zero attached hydrogens (tertiary/aromatic N) is 1. The molecular weight excluding hydrogens is 300 g/mol. The molecule has 0 atom stereocenters. The molecule has 0 unspecified atom stereocenters. The fourth-order valence-corrected chi connectivity index (χ4v) is 2.08. The zero-order chi connectivity index (χ0) is 13.7. The van der Waals surface area contributed by atoms with Crippen molar-refractivity contribution >= 4 is 33.4 Å². The van der Waals surface area contributed by atoms with Crippen molar-refractivity contribution in [1.29, 1.82) is 0 Å². The van der Waals surface area contributed by atoms with Crippen molar-refractivity contribution in [2.75, 3.05) is 18.8 Å². The SMILES string of the molecule is NC(=O)CN(CC(N)=O)Cc1c(N)cccc1Br. The van der Waals surface area contributed by atoms with Crippen LogP contribution >= 0.6 is 15.9 Å². The number of nitrogen functional groups attached to an aromatic ring is 1. The number of rotatable bonds is 6. The van der Waals surface area contributed by atoms with E-state index < -0.39 is 11.8 Å². The molecule has 0 aliphatic carbocycles. The molecule has 0 aliphatic rings. The predicted molar refractivity (Wildman–Crippen MR) is 72.2 cm³/mol. The summed E-state index contributed by atoms with van der Waals surface area (Å²) >= 11 is 3.37. The number of nitrogens with two attached hydrogens (primary N) is 3. The Kier molecular flexibility index (Phi) is 5.11. The van der Waals surface area contributed by atoms with Crippen LogP contribution in [0.4, 0.5) is 5.69 Å². The minimum Gasteiger partial charge on any atom is -0.398 e. The van der Waals surface area contributed by atoms with Crippen LogP contribution in [0.1, 0.15) is 5.56 Å². The highest BCUT2D eigenvalue weighted by Gasteiger charge is 2.14. The van der Waals surface area contributed by atoms with E-state index in [0.717, 1.165) is 10.0 Å². The fourth-order valence-electron chi connectivity index (χ4n) is 1.57. The van der Waals surface area contributed by atoms with Crippen LogP contribution < -0.4 is 17.2 Å². The van der Waals surface area contributed by atoms with Gasteiger partial charge >= 0.3 is 0 Å². The molecule has 0 heterocycles. The molecule has 1 rings (SSSR count). The average molecular weight is 315 g/mol. The van der Waals surface area contributed by atoms with Crippen molar-refractivity contribution in [2.24, 2.45) is 11.5 Å². The van der Waals surface area contributed by atoms with E-state index in [1.807, 2.05) is 6.07 Å². The number of carbonyl (C=O) groups is 2. The van der Waals surface area contributed by atoms with E-state index in [1.54, 1.807) is 17.0 Å². The highest BCUT2D eigenvalue weighted by Crippen LogP contribution is 2.23. The van der Waals surface area contributed by atoms with Gasteiger partial charge in [-0.3, -0.25) is 14.5 Å². The van der Waals surface area contributed by atoms with E-state index in [-0.39, 0.29) is 13.1 Å². The first kappa shape index (κ1) is 14.5. The van der Waals surface area contributed by atoms with Gasteiger partial charge in [-0.15, -0.1) is 0 Å². The smallest absolute Gasteiger partial charge is 0.231 e. The number of primary amides is 2. The molecule has 1 aromatic rings. The molecule has 6 nitrogen and oxygen atoms in total. The summed E-state index contributed by atoms with van der Waals surface area (Å²) in [5, 5.41) is 0. The minimum absolute atomic E-state index is 0.0519. The number of benzene rings is 1. The summed E-state index contributed by atoms with van der Waals surface area (Å²) in [7, 11) is 0. The molecule has 2 amide bonds. The van der Waals surface area contributed by atoms with Crippen LogP contribution in [0.5, 0.6) is 0 Å². The Hall–Kier alpha value is -1.60. The standard InChI is InChI=1S/C11H15BrN4O2/c12-8-2-1-3-9(13)7(8)4-16(5-10(14)17)6-11(15)18/h1-3H,4-6,13H2,(H2,14,17)(H2,15,18). The second-order valence-corrected chi connectivity index (χ2v) is 4.74. The molecule has 1 aromatic carbocycles. The lowest BCUT2D eigenvalue weighted by Crippen LogP contribution is -2.39. The van der Waals surface area contributed by atoms with Crippen LogP contribution in [0.2, 0.25) is 0 Å². The fraction of sp³-hybridized carbons (Fsp3) is 0.273. The molecule has 0 radical (unpaired) electrons. The Balaban J connectivity index is 2.88. The first-order valence-corrected chi connectivity index (χ1v) is 6.01. The van der Waals surface area contributed by atoms with Gasteiger partial charge in [-0.2, -0.15) is 0 Å². The zero-order valence-electron chi connectivity index (χ0n) is 9.73. The van der Waals surface area contributed by atoms with E-state index >= 15 is 0 Å². The van der Waals surface area contributed by atoms with E-state index in [2.05, 4.69) is 15.9 Å². The van der Waals surface area contributed by atoms with Crippen LogP contribution in [-0.2, 0) is 16.1 Å². The Labute approximate surface area is 113 Å². The van der Waals surface area contributed by atoms with Gasteiger partial charge in [-0.25, -0.2) is 0 Å². The molecule has 0 aliphatic heterocycles. The van der Waals surface area contributed by atoms with Gasteiger partial charge < -0.3 is 17.2 Å². The second-order valence-electron chi connectivity index (χ2n) is 3.89. The molecule has 0 spiro atoms. The molecule has 7 heteroatoms. The summed E-state index contributed by atoms with van der Waals surface area (Å²) in [6.45, 7) is 0.215. The maximum absolute atomic E-state index is 10.9. The van der Waals surface area contributed by atoms with Crippen LogP contribution in [0.3, 0.4) is 0 Å². The molecule has 0 bridgehead atoms. The normalized spacial score (nSPS) is 10.6. The van der Waals surface area contributed by atoms with Crippen molar-refractivity contribution in [1.82, 2.24) is 4.90 Å². The quantitative estimate of drug-likeness (QED) is 0.631.